The van der Waals surface area contributed by atoms with Crippen LogP contribution in [-0.4, -0.2) is 20.0 Å². The highest BCUT2D eigenvalue weighted by molar-refractivity contribution is 5.49. The van der Waals surface area contributed by atoms with E-state index in [0.29, 0.717) is 0 Å². The van der Waals surface area contributed by atoms with Crippen LogP contribution < -0.4 is 4.90 Å². The van der Waals surface area contributed by atoms with Gasteiger partial charge in [-0.15, -0.1) is 4.90 Å². The second kappa shape index (κ2) is 4.78. The Bertz CT molecular complexity index is 63.5. The molecule has 0 aliphatic heterocycles. The Morgan fingerprint density at radius 2 is 2.25 bits per heavy atom. The minimum atomic E-state index is 0.857. The lowest BCUT2D eigenvalue weighted by Gasteiger charge is -1.93. The summed E-state index contributed by atoms with van der Waals surface area (Å²) in [5, 5.41) is 0. The fraction of sp³-hybridized carbons (Fsp3) is 0.833. The number of unbranched alkanes of at least 4 members (excludes halogenated alkanes) is 1. The number of hydrogen-bond acceptors (Lipinski definition) is 1. The quantitative estimate of drug-likeness (QED) is 0.391. The van der Waals surface area contributed by atoms with Crippen molar-refractivity contribution in [1.82, 2.24) is 4.90 Å². The molecule has 0 aliphatic carbocycles. The fourth-order valence-corrected chi connectivity index (χ4v) is 0.460. The van der Waals surface area contributed by atoms with Gasteiger partial charge in [0.05, 0.1) is 0 Å². The molecule has 0 heterocycles. The molecule has 0 atom stereocenters. The van der Waals surface area contributed by atoms with Gasteiger partial charge in [-0.1, -0.05) is 13.3 Å². The first kappa shape index (κ1) is 7.63. The van der Waals surface area contributed by atoms with Crippen molar-refractivity contribution in [3.8, 4) is 0 Å². The summed E-state index contributed by atoms with van der Waals surface area (Å²) in [5.41, 5.74) is 0. The molecule has 0 fully saturated rings. The number of nitrogens with zero attached hydrogens (tertiary/aromatic N) is 1. The van der Waals surface area contributed by atoms with Gasteiger partial charge in [0.2, 0.25) is 0 Å². The smallest absolute Gasteiger partial charge is 0.228 e. The van der Waals surface area contributed by atoms with Crippen molar-refractivity contribution in [3.05, 3.63) is 0 Å². The lowest BCUT2D eigenvalue weighted by Crippen LogP contribution is -2.23. The van der Waals surface area contributed by atoms with Crippen LogP contribution >= 0.6 is 0 Å². The zero-order valence-electron chi connectivity index (χ0n) is 5.55. The van der Waals surface area contributed by atoms with Crippen LogP contribution in [0.1, 0.15) is 19.8 Å². The van der Waals surface area contributed by atoms with Gasteiger partial charge in [-0.25, -0.2) is 4.79 Å². The second-order valence-electron chi connectivity index (χ2n) is 1.94. The number of amides is 1. The fourth-order valence-electron chi connectivity index (χ4n) is 0.460. The van der Waals surface area contributed by atoms with Gasteiger partial charge in [0, 0.05) is 6.42 Å². The predicted octanol–water partition coefficient (Wildman–Crippen LogP) is 0.713. The lowest BCUT2D eigenvalue weighted by atomic mass is 10.3. The molecule has 2 heteroatoms. The van der Waals surface area contributed by atoms with E-state index in [4.69, 9.17) is 0 Å². The molecule has 0 N–H and O–H groups in total. The van der Waals surface area contributed by atoms with Crippen molar-refractivity contribution in [2.24, 2.45) is 0 Å². The van der Waals surface area contributed by atoms with E-state index >= 15 is 0 Å². The van der Waals surface area contributed by atoms with Crippen LogP contribution in [0.5, 0.6) is 0 Å². The average Bonchev–Trinajstić information content (AvgIpc) is 1.83. The number of rotatable bonds is 4. The van der Waals surface area contributed by atoms with Crippen molar-refractivity contribution in [1.29, 1.82) is 0 Å². The molecule has 0 aromatic heterocycles. The maximum absolute atomic E-state index is 9.94. The molecule has 8 heavy (non-hydrogen) atoms. The zero-order chi connectivity index (χ0) is 6.41. The SMILES string of the molecule is CCCC[N+](C)C=O. The van der Waals surface area contributed by atoms with E-state index in [1.165, 1.54) is 0 Å². The highest BCUT2D eigenvalue weighted by Gasteiger charge is 2.01. The molecular weight excluding hydrogens is 102 g/mol. The third kappa shape index (κ3) is 3.81. The van der Waals surface area contributed by atoms with E-state index in [1.807, 2.05) is 0 Å². The van der Waals surface area contributed by atoms with Crippen LogP contribution in [0.3, 0.4) is 0 Å². The highest BCUT2D eigenvalue weighted by Crippen LogP contribution is 1.84. The first-order valence-corrected chi connectivity index (χ1v) is 2.96. The van der Waals surface area contributed by atoms with E-state index < -0.39 is 0 Å². The highest BCUT2D eigenvalue weighted by atomic mass is 16.1. The monoisotopic (exact) mass is 115 g/mol. The van der Waals surface area contributed by atoms with Crippen molar-refractivity contribution in [2.45, 2.75) is 19.8 Å². The predicted molar refractivity (Wildman–Crippen MR) is 33.9 cm³/mol. The molecule has 0 aliphatic rings. The van der Waals surface area contributed by atoms with E-state index in [1.54, 1.807) is 11.9 Å². The number of carbonyl (C=O) groups is 1. The van der Waals surface area contributed by atoms with Crippen LogP contribution in [-0.2, 0) is 4.79 Å². The van der Waals surface area contributed by atoms with Gasteiger partial charge in [-0.3, -0.25) is 0 Å². The Balaban J connectivity index is 2.98. The maximum atomic E-state index is 9.94. The molecule has 2 nitrogen and oxygen atoms in total. The number of hydrogen-bond donors (Lipinski definition) is 0. The molecule has 0 aromatic carbocycles. The van der Waals surface area contributed by atoms with Gasteiger partial charge in [0.25, 0.3) is 0 Å². The van der Waals surface area contributed by atoms with Crippen molar-refractivity contribution < 1.29 is 4.79 Å². The maximum Gasteiger partial charge on any atom is 0.348 e. The first-order chi connectivity index (χ1) is 3.81. The molecule has 47 valence electrons. The summed E-state index contributed by atoms with van der Waals surface area (Å²) in [5.74, 6) is 0. The van der Waals surface area contributed by atoms with Gasteiger partial charge in [-0.05, 0) is 0 Å². The molecule has 1 radical (unpaired) electrons. The Hall–Kier alpha value is -0.370. The van der Waals surface area contributed by atoms with E-state index in [2.05, 4.69) is 6.92 Å². The molecular formula is C6H13NO+. The van der Waals surface area contributed by atoms with E-state index in [0.717, 1.165) is 25.8 Å². The molecule has 1 amide bonds. The number of carbonyl (C=O) groups excluding carboxylic acids is 1. The molecule has 0 spiro atoms. The Morgan fingerprint density at radius 3 is 2.62 bits per heavy atom. The normalized spacial score (nSPS) is 9.88. The standard InChI is InChI=1S/C6H13NO/c1-3-4-5-7(2)6-8/h6H,3-5H2,1-2H3/q+1. The van der Waals surface area contributed by atoms with Gasteiger partial charge in [0.1, 0.15) is 13.6 Å². The Kier molecular flexibility index (Phi) is 4.56. The molecule has 0 rings (SSSR count). The van der Waals surface area contributed by atoms with Crippen molar-refractivity contribution in [3.63, 3.8) is 0 Å². The van der Waals surface area contributed by atoms with Gasteiger partial charge >= 0.3 is 6.41 Å². The van der Waals surface area contributed by atoms with Crippen LogP contribution in [0.25, 0.3) is 0 Å². The first-order valence-electron chi connectivity index (χ1n) is 2.96. The van der Waals surface area contributed by atoms with Crippen LogP contribution in [0.2, 0.25) is 0 Å². The Labute approximate surface area is 50.5 Å². The van der Waals surface area contributed by atoms with Gasteiger partial charge in [0.15, 0.2) is 0 Å². The van der Waals surface area contributed by atoms with Crippen molar-refractivity contribution in [2.75, 3.05) is 13.6 Å². The van der Waals surface area contributed by atoms with Crippen LogP contribution in [0.15, 0.2) is 0 Å². The second-order valence-corrected chi connectivity index (χ2v) is 1.94. The minimum absolute atomic E-state index is 0.857. The van der Waals surface area contributed by atoms with Crippen molar-refractivity contribution >= 4 is 6.41 Å². The molecule has 0 aromatic rings. The zero-order valence-corrected chi connectivity index (χ0v) is 5.55. The van der Waals surface area contributed by atoms with Crippen LogP contribution in [0, 0.1) is 0 Å². The summed E-state index contributed by atoms with van der Waals surface area (Å²) in [4.78, 5) is 11.6. The van der Waals surface area contributed by atoms with Crippen LogP contribution in [0.4, 0.5) is 0 Å². The lowest BCUT2D eigenvalue weighted by molar-refractivity contribution is -0.112. The molecule has 0 saturated heterocycles. The van der Waals surface area contributed by atoms with E-state index in [-0.39, 0.29) is 0 Å². The summed E-state index contributed by atoms with van der Waals surface area (Å²) in [7, 11) is 1.79. The summed E-state index contributed by atoms with van der Waals surface area (Å²) in [6.07, 6.45) is 3.11. The molecule has 0 unspecified atom stereocenters. The summed E-state index contributed by atoms with van der Waals surface area (Å²) < 4.78 is 0. The largest absolute Gasteiger partial charge is 0.348 e. The average molecular weight is 115 g/mol. The summed E-state index contributed by atoms with van der Waals surface area (Å²) >= 11 is 0. The topological polar surface area (TPSA) is 23.0 Å². The minimum Gasteiger partial charge on any atom is -0.228 e. The Morgan fingerprint density at radius 1 is 1.62 bits per heavy atom. The van der Waals surface area contributed by atoms with E-state index in [9.17, 15) is 4.79 Å². The third-order valence-electron chi connectivity index (χ3n) is 1.04. The molecule has 0 bridgehead atoms. The summed E-state index contributed by atoms with van der Waals surface area (Å²) in [6.45, 7) is 3.00. The van der Waals surface area contributed by atoms with Gasteiger partial charge in [-0.2, -0.15) is 0 Å². The third-order valence-corrected chi connectivity index (χ3v) is 1.04. The summed E-state index contributed by atoms with van der Waals surface area (Å²) in [6, 6.07) is 0. The molecule has 0 saturated carbocycles. The van der Waals surface area contributed by atoms with Gasteiger partial charge < -0.3 is 0 Å².